The third-order valence-electron chi connectivity index (χ3n) is 2.82. The van der Waals surface area contributed by atoms with Crippen LogP contribution in [0.1, 0.15) is 27.2 Å². The van der Waals surface area contributed by atoms with Crippen LogP contribution in [0.5, 0.6) is 0 Å². The molecule has 3 heteroatoms. The summed E-state index contributed by atoms with van der Waals surface area (Å²) in [6, 6.07) is 0.684. The summed E-state index contributed by atoms with van der Waals surface area (Å²) in [6.07, 6.45) is 1.16. The summed E-state index contributed by atoms with van der Waals surface area (Å²) in [5, 5.41) is 3.41. The van der Waals surface area contributed by atoms with Gasteiger partial charge in [0, 0.05) is 45.4 Å². The topological polar surface area (TPSA) is 24.5 Å². The minimum Gasteiger partial charge on any atom is -0.381 e. The van der Waals surface area contributed by atoms with E-state index in [1.54, 1.807) is 0 Å². The smallest absolute Gasteiger partial charge is 0.0489 e. The van der Waals surface area contributed by atoms with Crippen LogP contribution in [0, 0.1) is 5.92 Å². The fourth-order valence-electron chi connectivity index (χ4n) is 1.90. The Morgan fingerprint density at radius 3 is 2.93 bits per heavy atom. The molecule has 1 N–H and O–H groups in total. The molecule has 0 amide bonds. The molecule has 0 bridgehead atoms. The van der Waals surface area contributed by atoms with Crippen molar-refractivity contribution in [3.8, 4) is 0 Å². The Hall–Kier alpha value is -0.120. The average Bonchev–Trinajstić information content (AvgIpc) is 2.20. The lowest BCUT2D eigenvalue weighted by atomic mass is 10.2. The molecule has 1 aliphatic rings. The second kappa shape index (κ2) is 7.20. The van der Waals surface area contributed by atoms with Crippen LogP contribution in [-0.2, 0) is 4.74 Å². The Bertz CT molecular complexity index is 162. The quantitative estimate of drug-likeness (QED) is 0.675. The molecule has 0 aromatic heterocycles. The second-order valence-corrected chi connectivity index (χ2v) is 4.91. The average molecular weight is 214 g/mol. The number of hydrogen-bond acceptors (Lipinski definition) is 3. The van der Waals surface area contributed by atoms with Crippen LogP contribution < -0.4 is 5.32 Å². The van der Waals surface area contributed by atoms with Gasteiger partial charge in [0.25, 0.3) is 0 Å². The van der Waals surface area contributed by atoms with E-state index in [0.717, 1.165) is 32.7 Å². The van der Waals surface area contributed by atoms with E-state index in [-0.39, 0.29) is 0 Å². The minimum atomic E-state index is 0.656. The van der Waals surface area contributed by atoms with Crippen LogP contribution in [0.15, 0.2) is 0 Å². The van der Waals surface area contributed by atoms with Gasteiger partial charge in [0.2, 0.25) is 0 Å². The summed E-state index contributed by atoms with van der Waals surface area (Å²) in [4.78, 5) is 2.55. The number of nitrogens with zero attached hydrogens (tertiary/aromatic N) is 1. The zero-order valence-corrected chi connectivity index (χ0v) is 10.5. The van der Waals surface area contributed by atoms with Gasteiger partial charge in [-0.3, -0.25) is 4.90 Å². The summed E-state index contributed by atoms with van der Waals surface area (Å²) in [5.74, 6) is 0.656. The fourth-order valence-corrected chi connectivity index (χ4v) is 1.90. The van der Waals surface area contributed by atoms with Crippen molar-refractivity contribution in [2.75, 3.05) is 39.4 Å². The maximum absolute atomic E-state index is 5.58. The van der Waals surface area contributed by atoms with Crippen molar-refractivity contribution >= 4 is 0 Å². The van der Waals surface area contributed by atoms with Crippen LogP contribution >= 0.6 is 0 Å². The molecule has 0 radical (unpaired) electrons. The van der Waals surface area contributed by atoms with Gasteiger partial charge in [-0.15, -0.1) is 0 Å². The van der Waals surface area contributed by atoms with E-state index in [4.69, 9.17) is 4.74 Å². The summed E-state index contributed by atoms with van der Waals surface area (Å²) in [5.41, 5.74) is 0. The third kappa shape index (κ3) is 5.50. The Balaban J connectivity index is 1.99. The molecule has 1 atom stereocenters. The molecule has 1 saturated heterocycles. The highest BCUT2D eigenvalue weighted by atomic mass is 16.5. The largest absolute Gasteiger partial charge is 0.381 e. The van der Waals surface area contributed by atoms with Gasteiger partial charge in [0.1, 0.15) is 0 Å². The Kier molecular flexibility index (Phi) is 6.22. The van der Waals surface area contributed by atoms with Gasteiger partial charge < -0.3 is 10.1 Å². The predicted molar refractivity (Wildman–Crippen MR) is 64.2 cm³/mol. The van der Waals surface area contributed by atoms with Crippen molar-refractivity contribution in [1.29, 1.82) is 0 Å². The highest BCUT2D eigenvalue weighted by Crippen LogP contribution is 2.03. The number of nitrogens with one attached hydrogen (secondary N) is 1. The lowest BCUT2D eigenvalue weighted by Crippen LogP contribution is -2.50. The number of piperazine rings is 1. The summed E-state index contributed by atoms with van der Waals surface area (Å²) >= 11 is 0. The van der Waals surface area contributed by atoms with Gasteiger partial charge >= 0.3 is 0 Å². The number of rotatable bonds is 6. The summed E-state index contributed by atoms with van der Waals surface area (Å²) < 4.78 is 5.58. The van der Waals surface area contributed by atoms with Crippen LogP contribution in [-0.4, -0.2) is 50.3 Å². The first-order chi connectivity index (χ1) is 7.20. The monoisotopic (exact) mass is 214 g/mol. The van der Waals surface area contributed by atoms with Gasteiger partial charge in [0.15, 0.2) is 0 Å². The van der Waals surface area contributed by atoms with Crippen molar-refractivity contribution in [1.82, 2.24) is 10.2 Å². The van der Waals surface area contributed by atoms with Crippen LogP contribution in [0.3, 0.4) is 0 Å². The third-order valence-corrected chi connectivity index (χ3v) is 2.82. The van der Waals surface area contributed by atoms with E-state index in [0.29, 0.717) is 12.0 Å². The lowest BCUT2D eigenvalue weighted by molar-refractivity contribution is 0.0904. The Morgan fingerprint density at radius 1 is 1.47 bits per heavy atom. The van der Waals surface area contributed by atoms with Gasteiger partial charge in [0.05, 0.1) is 0 Å². The minimum absolute atomic E-state index is 0.656. The van der Waals surface area contributed by atoms with E-state index in [2.05, 4.69) is 31.0 Å². The normalized spacial score (nSPS) is 23.6. The zero-order chi connectivity index (χ0) is 11.1. The van der Waals surface area contributed by atoms with Crippen LogP contribution in [0.4, 0.5) is 0 Å². The molecule has 1 fully saturated rings. The van der Waals surface area contributed by atoms with Gasteiger partial charge in [-0.05, 0) is 19.3 Å². The Labute approximate surface area is 94.2 Å². The maximum atomic E-state index is 5.58. The molecule has 0 aromatic carbocycles. The zero-order valence-electron chi connectivity index (χ0n) is 10.5. The van der Waals surface area contributed by atoms with E-state index in [9.17, 15) is 0 Å². The molecule has 1 heterocycles. The van der Waals surface area contributed by atoms with Gasteiger partial charge in [-0.1, -0.05) is 13.8 Å². The van der Waals surface area contributed by atoms with Crippen molar-refractivity contribution in [3.63, 3.8) is 0 Å². The molecule has 1 rings (SSSR count). The van der Waals surface area contributed by atoms with Crippen molar-refractivity contribution in [2.45, 2.75) is 33.2 Å². The maximum Gasteiger partial charge on any atom is 0.0489 e. The van der Waals surface area contributed by atoms with E-state index in [1.165, 1.54) is 13.1 Å². The summed E-state index contributed by atoms with van der Waals surface area (Å²) in [6.45, 7) is 13.1. The highest BCUT2D eigenvalue weighted by Gasteiger charge is 2.16. The molecule has 0 saturated carbocycles. The molecular weight excluding hydrogens is 188 g/mol. The van der Waals surface area contributed by atoms with Gasteiger partial charge in [-0.25, -0.2) is 0 Å². The molecule has 1 unspecified atom stereocenters. The molecular formula is C12H26N2O. The summed E-state index contributed by atoms with van der Waals surface area (Å²) in [7, 11) is 0. The van der Waals surface area contributed by atoms with E-state index >= 15 is 0 Å². The fraction of sp³-hybridized carbons (Fsp3) is 1.00. The van der Waals surface area contributed by atoms with E-state index in [1.807, 2.05) is 0 Å². The molecule has 0 aliphatic carbocycles. The lowest BCUT2D eigenvalue weighted by Gasteiger charge is -2.33. The molecule has 1 aliphatic heterocycles. The molecule has 90 valence electrons. The molecule has 15 heavy (non-hydrogen) atoms. The first-order valence-corrected chi connectivity index (χ1v) is 6.22. The SMILES string of the molecule is CC(C)COCCCN1CCNCC1C. The Morgan fingerprint density at radius 2 is 2.27 bits per heavy atom. The van der Waals surface area contributed by atoms with Gasteiger partial charge in [-0.2, -0.15) is 0 Å². The van der Waals surface area contributed by atoms with Crippen LogP contribution in [0.25, 0.3) is 0 Å². The molecule has 0 spiro atoms. The first kappa shape index (κ1) is 12.9. The molecule has 0 aromatic rings. The van der Waals surface area contributed by atoms with Crippen molar-refractivity contribution in [2.24, 2.45) is 5.92 Å². The number of hydrogen-bond donors (Lipinski definition) is 1. The molecule has 3 nitrogen and oxygen atoms in total. The van der Waals surface area contributed by atoms with Crippen LogP contribution in [0.2, 0.25) is 0 Å². The first-order valence-electron chi connectivity index (χ1n) is 6.22. The van der Waals surface area contributed by atoms with Crippen molar-refractivity contribution < 1.29 is 4.74 Å². The highest BCUT2D eigenvalue weighted by molar-refractivity contribution is 4.75. The second-order valence-electron chi connectivity index (χ2n) is 4.91. The van der Waals surface area contributed by atoms with E-state index < -0.39 is 0 Å². The number of ether oxygens (including phenoxy) is 1. The standard InChI is InChI=1S/C12H26N2O/c1-11(2)10-15-8-4-6-14-7-5-13-9-12(14)3/h11-13H,4-10H2,1-3H3. The predicted octanol–water partition coefficient (Wildman–Crippen LogP) is 1.34. The van der Waals surface area contributed by atoms with Crippen molar-refractivity contribution in [3.05, 3.63) is 0 Å².